The number of fused-ring (bicyclic) bond motifs is 1. The molecule has 0 bridgehead atoms. The van der Waals surface area contributed by atoms with Crippen LogP contribution in [-0.4, -0.2) is 93.1 Å². The highest BCUT2D eigenvalue weighted by atomic mass is 16.4. The van der Waals surface area contributed by atoms with Crippen molar-refractivity contribution in [2.75, 3.05) is 45.8 Å². The summed E-state index contributed by atoms with van der Waals surface area (Å²) in [7, 11) is 0. The average Bonchev–Trinajstić information content (AvgIpc) is 3.39. The van der Waals surface area contributed by atoms with Gasteiger partial charge in [-0.15, -0.1) is 0 Å². The molecule has 0 radical (unpaired) electrons. The Morgan fingerprint density at radius 3 is 2.23 bits per heavy atom. The third-order valence-electron chi connectivity index (χ3n) is 6.24. The minimum absolute atomic E-state index is 0.150. The van der Waals surface area contributed by atoms with Crippen LogP contribution in [0.25, 0.3) is 10.9 Å². The van der Waals surface area contributed by atoms with Gasteiger partial charge in [-0.2, -0.15) is 0 Å². The molecule has 166 valence electrons. The van der Waals surface area contributed by atoms with Crippen LogP contribution in [0.3, 0.4) is 0 Å². The number of benzene rings is 1. The van der Waals surface area contributed by atoms with Gasteiger partial charge in [0, 0.05) is 61.9 Å². The molecule has 0 aliphatic carbocycles. The van der Waals surface area contributed by atoms with Crippen molar-refractivity contribution >= 4 is 28.7 Å². The van der Waals surface area contributed by atoms with Gasteiger partial charge in [-0.25, -0.2) is 0 Å². The largest absolute Gasteiger partial charge is 0.480 e. The SMILES string of the molecule is O=C(O)Cn1cc([C@@H](C(=O)O)N2CCN(CC(=O)N3CCCC3)CC2)c2ccccc21. The molecule has 1 amide bonds. The number of amides is 1. The van der Waals surface area contributed by atoms with Crippen molar-refractivity contribution in [3.63, 3.8) is 0 Å². The number of hydrogen-bond acceptors (Lipinski definition) is 5. The fourth-order valence-electron chi connectivity index (χ4n) is 4.69. The van der Waals surface area contributed by atoms with Crippen molar-refractivity contribution in [1.29, 1.82) is 0 Å². The van der Waals surface area contributed by atoms with Crippen molar-refractivity contribution in [3.05, 3.63) is 36.0 Å². The van der Waals surface area contributed by atoms with Crippen LogP contribution in [-0.2, 0) is 20.9 Å². The van der Waals surface area contributed by atoms with E-state index in [2.05, 4.69) is 4.90 Å². The van der Waals surface area contributed by atoms with Crippen molar-refractivity contribution in [2.45, 2.75) is 25.4 Å². The fourth-order valence-corrected chi connectivity index (χ4v) is 4.69. The summed E-state index contributed by atoms with van der Waals surface area (Å²) < 4.78 is 1.59. The number of aliphatic carboxylic acids is 2. The molecule has 2 fully saturated rings. The second-order valence-corrected chi connectivity index (χ2v) is 8.26. The molecule has 1 aromatic carbocycles. The summed E-state index contributed by atoms with van der Waals surface area (Å²) in [5.41, 5.74) is 1.31. The lowest BCUT2D eigenvalue weighted by Gasteiger charge is -2.37. The highest BCUT2D eigenvalue weighted by Gasteiger charge is 2.33. The Morgan fingerprint density at radius 2 is 1.58 bits per heavy atom. The standard InChI is InChI=1S/C22H28N4O5/c27-19(24-7-3-4-8-24)14-23-9-11-25(12-10-23)21(22(30)31)17-13-26(15-20(28)29)18-6-2-1-5-16(17)18/h1-2,5-6,13,21H,3-4,7-12,14-15H2,(H,28,29)(H,30,31)/t21-/m0/s1. The summed E-state index contributed by atoms with van der Waals surface area (Å²) in [6, 6.07) is 6.43. The van der Waals surface area contributed by atoms with Crippen LogP contribution in [0.1, 0.15) is 24.4 Å². The van der Waals surface area contributed by atoms with Gasteiger partial charge in [0.1, 0.15) is 12.6 Å². The molecule has 0 spiro atoms. The molecule has 1 aromatic heterocycles. The number of carbonyl (C=O) groups is 3. The first-order chi connectivity index (χ1) is 14.9. The lowest BCUT2D eigenvalue weighted by Crippen LogP contribution is -2.51. The summed E-state index contributed by atoms with van der Waals surface area (Å²) in [5.74, 6) is -1.78. The van der Waals surface area contributed by atoms with Crippen LogP contribution in [0.5, 0.6) is 0 Å². The van der Waals surface area contributed by atoms with E-state index in [1.165, 1.54) is 0 Å². The number of carboxylic acids is 2. The monoisotopic (exact) mass is 428 g/mol. The first-order valence-electron chi connectivity index (χ1n) is 10.7. The number of carboxylic acid groups (broad SMARTS) is 2. The third kappa shape index (κ3) is 4.57. The first kappa shape index (κ1) is 21.3. The molecule has 0 saturated carbocycles. The fraction of sp³-hybridized carbons (Fsp3) is 0.500. The van der Waals surface area contributed by atoms with E-state index in [1.807, 2.05) is 34.1 Å². The van der Waals surface area contributed by atoms with Crippen LogP contribution in [0.2, 0.25) is 0 Å². The van der Waals surface area contributed by atoms with Gasteiger partial charge in [0.15, 0.2) is 0 Å². The molecular weight excluding hydrogens is 400 g/mol. The Labute approximate surface area is 180 Å². The van der Waals surface area contributed by atoms with E-state index in [-0.39, 0.29) is 12.5 Å². The number of rotatable bonds is 7. The smallest absolute Gasteiger partial charge is 0.325 e. The normalized spacial score (nSPS) is 19.0. The maximum absolute atomic E-state index is 12.4. The number of aromatic nitrogens is 1. The molecule has 2 saturated heterocycles. The predicted molar refractivity (Wildman–Crippen MR) is 114 cm³/mol. The number of hydrogen-bond donors (Lipinski definition) is 2. The molecule has 9 nitrogen and oxygen atoms in total. The Morgan fingerprint density at radius 1 is 0.903 bits per heavy atom. The number of carbonyl (C=O) groups excluding carboxylic acids is 1. The summed E-state index contributed by atoms with van der Waals surface area (Å²) in [6.07, 6.45) is 3.78. The second-order valence-electron chi connectivity index (χ2n) is 8.26. The van der Waals surface area contributed by atoms with Gasteiger partial charge < -0.3 is 19.7 Å². The highest BCUT2D eigenvalue weighted by Crippen LogP contribution is 2.31. The molecule has 2 aromatic rings. The van der Waals surface area contributed by atoms with Crippen LogP contribution < -0.4 is 0 Å². The zero-order valence-electron chi connectivity index (χ0n) is 17.4. The molecule has 2 aliphatic heterocycles. The number of para-hydroxylation sites is 1. The van der Waals surface area contributed by atoms with Crippen LogP contribution in [0.15, 0.2) is 30.5 Å². The molecule has 2 aliphatic rings. The van der Waals surface area contributed by atoms with Crippen molar-refractivity contribution < 1.29 is 24.6 Å². The van der Waals surface area contributed by atoms with Gasteiger partial charge in [0.2, 0.25) is 5.91 Å². The maximum atomic E-state index is 12.4. The summed E-state index contributed by atoms with van der Waals surface area (Å²) >= 11 is 0. The van der Waals surface area contributed by atoms with Gasteiger partial charge >= 0.3 is 11.9 Å². The maximum Gasteiger partial charge on any atom is 0.325 e. The molecule has 1 atom stereocenters. The minimum Gasteiger partial charge on any atom is -0.480 e. The zero-order chi connectivity index (χ0) is 22.0. The summed E-state index contributed by atoms with van der Waals surface area (Å²) in [6.45, 7) is 4.13. The van der Waals surface area contributed by atoms with E-state index in [0.29, 0.717) is 43.8 Å². The van der Waals surface area contributed by atoms with Crippen LogP contribution in [0, 0.1) is 0 Å². The van der Waals surface area contributed by atoms with E-state index in [4.69, 9.17) is 0 Å². The van der Waals surface area contributed by atoms with E-state index in [1.54, 1.807) is 10.8 Å². The Balaban J connectivity index is 1.50. The number of piperazine rings is 1. The van der Waals surface area contributed by atoms with E-state index in [0.717, 1.165) is 31.3 Å². The number of nitrogens with zero attached hydrogens (tertiary/aromatic N) is 4. The van der Waals surface area contributed by atoms with Gasteiger partial charge in [-0.3, -0.25) is 24.2 Å². The lowest BCUT2D eigenvalue weighted by molar-refractivity contribution is -0.145. The topological polar surface area (TPSA) is 106 Å². The van der Waals surface area contributed by atoms with Gasteiger partial charge in [-0.05, 0) is 18.9 Å². The summed E-state index contributed by atoms with van der Waals surface area (Å²) in [5, 5.41) is 20.0. The van der Waals surface area contributed by atoms with E-state index in [9.17, 15) is 24.6 Å². The second kappa shape index (κ2) is 9.07. The van der Waals surface area contributed by atoms with Crippen molar-refractivity contribution in [1.82, 2.24) is 19.3 Å². The summed E-state index contributed by atoms with van der Waals surface area (Å²) in [4.78, 5) is 41.9. The lowest BCUT2D eigenvalue weighted by atomic mass is 10.0. The van der Waals surface area contributed by atoms with Gasteiger partial charge in [0.25, 0.3) is 0 Å². The molecule has 2 N–H and O–H groups in total. The Kier molecular flexibility index (Phi) is 6.24. The predicted octanol–water partition coefficient (Wildman–Crippen LogP) is 1.09. The van der Waals surface area contributed by atoms with E-state index < -0.39 is 18.0 Å². The molecule has 4 rings (SSSR count). The van der Waals surface area contributed by atoms with Crippen LogP contribution >= 0.6 is 0 Å². The highest BCUT2D eigenvalue weighted by molar-refractivity contribution is 5.90. The van der Waals surface area contributed by atoms with Gasteiger partial charge in [0.05, 0.1) is 6.54 Å². The first-order valence-corrected chi connectivity index (χ1v) is 10.7. The van der Waals surface area contributed by atoms with E-state index >= 15 is 0 Å². The van der Waals surface area contributed by atoms with Crippen LogP contribution in [0.4, 0.5) is 0 Å². The third-order valence-corrected chi connectivity index (χ3v) is 6.24. The van der Waals surface area contributed by atoms with Crippen molar-refractivity contribution in [2.24, 2.45) is 0 Å². The quantitative estimate of drug-likeness (QED) is 0.680. The minimum atomic E-state index is -0.976. The zero-order valence-corrected chi connectivity index (χ0v) is 17.4. The molecule has 31 heavy (non-hydrogen) atoms. The molecule has 9 heteroatoms. The molecule has 3 heterocycles. The molecular formula is C22H28N4O5. The molecule has 0 unspecified atom stereocenters. The van der Waals surface area contributed by atoms with Gasteiger partial charge in [-0.1, -0.05) is 18.2 Å². The number of likely N-dealkylation sites (tertiary alicyclic amines) is 1. The average molecular weight is 428 g/mol. The Hall–Kier alpha value is -2.91. The van der Waals surface area contributed by atoms with Crippen molar-refractivity contribution in [3.8, 4) is 0 Å². The Bertz CT molecular complexity index is 973.